The van der Waals surface area contributed by atoms with Gasteiger partial charge >= 0.3 is 0 Å². The Morgan fingerprint density at radius 3 is 2.69 bits per heavy atom. The Balaban J connectivity index is 2.32. The highest BCUT2D eigenvalue weighted by molar-refractivity contribution is 6.34. The minimum absolute atomic E-state index is 0.0312. The van der Waals surface area contributed by atoms with Gasteiger partial charge in [0.1, 0.15) is 0 Å². The number of hydrogen-bond donors (Lipinski definition) is 0. The molecule has 84 valence electrons. The van der Waals surface area contributed by atoms with Gasteiger partial charge in [0, 0.05) is 12.5 Å². The van der Waals surface area contributed by atoms with Gasteiger partial charge in [0.25, 0.3) is 5.91 Å². The fourth-order valence-electron chi connectivity index (χ4n) is 1.91. The van der Waals surface area contributed by atoms with E-state index < -0.39 is 0 Å². The molecule has 1 atom stereocenters. The molecule has 1 heterocycles. The number of benzene rings is 1. The van der Waals surface area contributed by atoms with Crippen molar-refractivity contribution in [3.8, 4) is 0 Å². The molecule has 16 heavy (non-hydrogen) atoms. The highest BCUT2D eigenvalue weighted by atomic mass is 35.5. The molecule has 0 radical (unpaired) electrons. The third kappa shape index (κ3) is 1.83. The number of imide groups is 1. The number of carbonyl (C=O) groups excluding carboxylic acids is 2. The molecular formula is C12H12ClNO2. The van der Waals surface area contributed by atoms with Crippen molar-refractivity contribution in [1.29, 1.82) is 0 Å². The minimum Gasteiger partial charge on any atom is -0.276 e. The first-order valence-corrected chi connectivity index (χ1v) is 5.60. The Kier molecular flexibility index (Phi) is 2.97. The molecule has 1 aliphatic rings. The van der Waals surface area contributed by atoms with Crippen molar-refractivity contribution in [1.82, 2.24) is 4.90 Å². The standard InChI is InChI=1S/C12H12ClNO2/c1-8-6-7-11(15)14(8)12(16)9-4-2-3-5-10(9)13/h2-5,8H,6-7H2,1H3. The summed E-state index contributed by atoms with van der Waals surface area (Å²) in [6, 6.07) is 6.76. The Morgan fingerprint density at radius 2 is 2.12 bits per heavy atom. The number of rotatable bonds is 1. The monoisotopic (exact) mass is 237 g/mol. The van der Waals surface area contributed by atoms with Crippen LogP contribution < -0.4 is 0 Å². The van der Waals surface area contributed by atoms with Crippen LogP contribution in [-0.2, 0) is 4.79 Å². The van der Waals surface area contributed by atoms with Gasteiger partial charge in [-0.25, -0.2) is 0 Å². The summed E-state index contributed by atoms with van der Waals surface area (Å²) in [5.74, 6) is -0.405. The molecule has 1 unspecified atom stereocenters. The van der Waals surface area contributed by atoms with Gasteiger partial charge in [-0.05, 0) is 25.5 Å². The molecule has 1 fully saturated rings. The molecule has 0 spiro atoms. The highest BCUT2D eigenvalue weighted by Gasteiger charge is 2.33. The molecule has 1 saturated heterocycles. The molecule has 0 saturated carbocycles. The summed E-state index contributed by atoms with van der Waals surface area (Å²) < 4.78 is 0. The number of amides is 2. The van der Waals surface area contributed by atoms with E-state index in [-0.39, 0.29) is 17.9 Å². The predicted octanol–water partition coefficient (Wildman–Crippen LogP) is 2.49. The van der Waals surface area contributed by atoms with E-state index in [2.05, 4.69) is 0 Å². The van der Waals surface area contributed by atoms with Gasteiger partial charge in [-0.2, -0.15) is 0 Å². The van der Waals surface area contributed by atoms with Crippen LogP contribution in [0.1, 0.15) is 30.1 Å². The molecule has 0 N–H and O–H groups in total. The fraction of sp³-hybridized carbons (Fsp3) is 0.333. The second-order valence-electron chi connectivity index (χ2n) is 3.94. The molecule has 1 aromatic rings. The molecule has 0 aromatic heterocycles. The van der Waals surface area contributed by atoms with Crippen LogP contribution in [0.2, 0.25) is 5.02 Å². The zero-order valence-corrected chi connectivity index (χ0v) is 9.70. The Morgan fingerprint density at radius 1 is 1.44 bits per heavy atom. The van der Waals surface area contributed by atoms with Crippen LogP contribution in [-0.4, -0.2) is 22.8 Å². The molecule has 0 aliphatic carbocycles. The van der Waals surface area contributed by atoms with Gasteiger partial charge in [0.2, 0.25) is 5.91 Å². The van der Waals surface area contributed by atoms with E-state index in [1.807, 2.05) is 6.92 Å². The topological polar surface area (TPSA) is 37.4 Å². The van der Waals surface area contributed by atoms with Crippen LogP contribution in [0.4, 0.5) is 0 Å². The van der Waals surface area contributed by atoms with Crippen LogP contribution in [0.5, 0.6) is 0 Å². The maximum atomic E-state index is 12.1. The summed E-state index contributed by atoms with van der Waals surface area (Å²) in [7, 11) is 0. The van der Waals surface area contributed by atoms with E-state index in [0.29, 0.717) is 17.0 Å². The van der Waals surface area contributed by atoms with Gasteiger partial charge in [0.05, 0.1) is 10.6 Å². The first kappa shape index (κ1) is 11.1. The largest absolute Gasteiger partial charge is 0.276 e. The summed E-state index contributed by atoms with van der Waals surface area (Å²) >= 11 is 5.93. The predicted molar refractivity (Wildman–Crippen MR) is 61.3 cm³/mol. The molecule has 4 heteroatoms. The fourth-order valence-corrected chi connectivity index (χ4v) is 2.12. The van der Waals surface area contributed by atoms with Crippen molar-refractivity contribution in [2.75, 3.05) is 0 Å². The summed E-state index contributed by atoms with van der Waals surface area (Å²) in [5.41, 5.74) is 0.395. The lowest BCUT2D eigenvalue weighted by molar-refractivity contribution is -0.126. The van der Waals surface area contributed by atoms with E-state index in [1.54, 1.807) is 24.3 Å². The first-order chi connectivity index (χ1) is 7.61. The lowest BCUT2D eigenvalue weighted by Crippen LogP contribution is -2.37. The maximum absolute atomic E-state index is 12.1. The second kappa shape index (κ2) is 4.26. The van der Waals surface area contributed by atoms with Crippen LogP contribution in [0, 0.1) is 0 Å². The second-order valence-corrected chi connectivity index (χ2v) is 4.34. The molecule has 1 aliphatic heterocycles. The van der Waals surface area contributed by atoms with Crippen LogP contribution in [0.25, 0.3) is 0 Å². The van der Waals surface area contributed by atoms with Gasteiger partial charge in [-0.1, -0.05) is 23.7 Å². The van der Waals surface area contributed by atoms with Crippen molar-refractivity contribution in [2.24, 2.45) is 0 Å². The Labute approximate surface area is 99.0 Å². The highest BCUT2D eigenvalue weighted by Crippen LogP contribution is 2.24. The zero-order chi connectivity index (χ0) is 11.7. The number of carbonyl (C=O) groups is 2. The van der Waals surface area contributed by atoms with Gasteiger partial charge in [-0.3, -0.25) is 14.5 Å². The molecule has 3 nitrogen and oxygen atoms in total. The quantitative estimate of drug-likeness (QED) is 0.704. The summed E-state index contributed by atoms with van der Waals surface area (Å²) in [6.45, 7) is 1.87. The first-order valence-electron chi connectivity index (χ1n) is 5.22. The van der Waals surface area contributed by atoms with Crippen molar-refractivity contribution >= 4 is 23.4 Å². The van der Waals surface area contributed by atoms with Gasteiger partial charge in [0.15, 0.2) is 0 Å². The number of likely N-dealkylation sites (tertiary alicyclic amines) is 1. The van der Waals surface area contributed by atoms with Crippen molar-refractivity contribution in [2.45, 2.75) is 25.8 Å². The van der Waals surface area contributed by atoms with E-state index in [9.17, 15) is 9.59 Å². The number of halogens is 1. The summed E-state index contributed by atoms with van der Waals surface area (Å²) in [4.78, 5) is 25.0. The van der Waals surface area contributed by atoms with E-state index >= 15 is 0 Å². The van der Waals surface area contributed by atoms with Gasteiger partial charge < -0.3 is 0 Å². The molecule has 0 bridgehead atoms. The molecular weight excluding hydrogens is 226 g/mol. The van der Waals surface area contributed by atoms with Crippen LogP contribution in [0.15, 0.2) is 24.3 Å². The lowest BCUT2D eigenvalue weighted by atomic mass is 10.2. The Hall–Kier alpha value is -1.35. The lowest BCUT2D eigenvalue weighted by Gasteiger charge is -2.19. The smallest absolute Gasteiger partial charge is 0.262 e. The third-order valence-electron chi connectivity index (χ3n) is 2.81. The Bertz CT molecular complexity index is 444. The summed E-state index contributed by atoms with van der Waals surface area (Å²) in [6.07, 6.45) is 1.17. The molecule has 2 amide bonds. The van der Waals surface area contributed by atoms with Crippen LogP contribution >= 0.6 is 11.6 Å². The van der Waals surface area contributed by atoms with E-state index in [4.69, 9.17) is 11.6 Å². The van der Waals surface area contributed by atoms with Crippen molar-refractivity contribution < 1.29 is 9.59 Å². The minimum atomic E-state index is -0.291. The molecule has 2 rings (SSSR count). The molecule has 1 aromatic carbocycles. The zero-order valence-electron chi connectivity index (χ0n) is 8.94. The SMILES string of the molecule is CC1CCC(=O)N1C(=O)c1ccccc1Cl. The van der Waals surface area contributed by atoms with Crippen LogP contribution in [0.3, 0.4) is 0 Å². The normalized spacial score (nSPS) is 20.2. The third-order valence-corrected chi connectivity index (χ3v) is 3.14. The van der Waals surface area contributed by atoms with E-state index in [1.165, 1.54) is 4.90 Å². The van der Waals surface area contributed by atoms with Crippen molar-refractivity contribution in [3.05, 3.63) is 34.9 Å². The van der Waals surface area contributed by atoms with Crippen molar-refractivity contribution in [3.63, 3.8) is 0 Å². The number of hydrogen-bond acceptors (Lipinski definition) is 2. The number of nitrogens with zero attached hydrogens (tertiary/aromatic N) is 1. The average Bonchev–Trinajstić information content (AvgIpc) is 2.58. The van der Waals surface area contributed by atoms with E-state index in [0.717, 1.165) is 6.42 Å². The average molecular weight is 238 g/mol. The maximum Gasteiger partial charge on any atom is 0.262 e. The summed E-state index contributed by atoms with van der Waals surface area (Å²) in [5, 5.41) is 0.388. The van der Waals surface area contributed by atoms with Gasteiger partial charge in [-0.15, -0.1) is 0 Å².